The van der Waals surface area contributed by atoms with Crippen LogP contribution in [0.1, 0.15) is 59.8 Å². The lowest BCUT2D eigenvalue weighted by Crippen LogP contribution is -2.16. The second kappa shape index (κ2) is 7.20. The van der Waals surface area contributed by atoms with Gasteiger partial charge in [0, 0.05) is 16.5 Å². The summed E-state index contributed by atoms with van der Waals surface area (Å²) in [5, 5.41) is 21.6. The largest absolute Gasteiger partial charge is 0.478 e. The van der Waals surface area contributed by atoms with Crippen LogP contribution in [0.2, 0.25) is 0 Å². The Morgan fingerprint density at radius 1 is 1.11 bits per heavy atom. The molecule has 4 heteroatoms. The molecule has 4 nitrogen and oxygen atoms in total. The Balaban J connectivity index is 1.93. The average molecular weight is 363 g/mol. The quantitative estimate of drug-likeness (QED) is 0.576. The molecule has 0 amide bonds. The number of aromatic carboxylic acids is 1. The van der Waals surface area contributed by atoms with E-state index in [-0.39, 0.29) is 5.92 Å². The van der Waals surface area contributed by atoms with E-state index in [9.17, 15) is 15.0 Å². The topological polar surface area (TPSA) is 73.3 Å². The molecule has 0 bridgehead atoms. The minimum absolute atomic E-state index is 0.245. The van der Waals surface area contributed by atoms with Crippen molar-refractivity contribution in [3.8, 4) is 11.1 Å². The van der Waals surface area contributed by atoms with Crippen molar-refractivity contribution in [2.24, 2.45) is 5.92 Å². The predicted molar refractivity (Wildman–Crippen MR) is 107 cm³/mol. The third-order valence-corrected chi connectivity index (χ3v) is 5.86. The van der Waals surface area contributed by atoms with E-state index in [4.69, 9.17) is 0 Å². The van der Waals surface area contributed by atoms with Crippen LogP contribution in [0.3, 0.4) is 0 Å². The number of rotatable bonds is 4. The van der Waals surface area contributed by atoms with Crippen LogP contribution in [-0.2, 0) is 0 Å². The Bertz CT molecular complexity index is 968. The van der Waals surface area contributed by atoms with Gasteiger partial charge in [-0.1, -0.05) is 49.6 Å². The van der Waals surface area contributed by atoms with Crippen molar-refractivity contribution in [3.63, 3.8) is 0 Å². The number of carbonyl (C=O) groups is 1. The highest BCUT2D eigenvalue weighted by molar-refractivity contribution is 6.02. The number of carboxylic acid groups (broad SMARTS) is 1. The molecule has 140 valence electrons. The maximum atomic E-state index is 11.6. The average Bonchev–Trinajstić information content (AvgIpc) is 3.06. The first-order valence-corrected chi connectivity index (χ1v) is 9.69. The van der Waals surface area contributed by atoms with Gasteiger partial charge in [0.25, 0.3) is 0 Å². The minimum atomic E-state index is -0.927. The SMILES string of the molecule is Cc1cc2[nH]c(C(O)C3CCCCC3)c(-c3ccccc3)c2cc1C(=O)O. The molecule has 4 rings (SSSR count). The van der Waals surface area contributed by atoms with Crippen LogP contribution in [0.25, 0.3) is 22.0 Å². The fourth-order valence-corrected chi connectivity index (χ4v) is 4.42. The Kier molecular flexibility index (Phi) is 4.75. The van der Waals surface area contributed by atoms with E-state index in [0.717, 1.165) is 59.0 Å². The van der Waals surface area contributed by atoms with E-state index in [1.165, 1.54) is 6.42 Å². The molecular formula is C23H25NO3. The highest BCUT2D eigenvalue weighted by atomic mass is 16.4. The zero-order valence-corrected chi connectivity index (χ0v) is 15.5. The number of carboxylic acids is 1. The van der Waals surface area contributed by atoms with Crippen molar-refractivity contribution in [2.75, 3.05) is 0 Å². The predicted octanol–water partition coefficient (Wildman–Crippen LogP) is 5.46. The summed E-state index contributed by atoms with van der Waals surface area (Å²) in [6.07, 6.45) is 5.05. The third kappa shape index (κ3) is 3.26. The highest BCUT2D eigenvalue weighted by Crippen LogP contribution is 2.42. The maximum Gasteiger partial charge on any atom is 0.335 e. The molecule has 1 atom stereocenters. The number of benzene rings is 2. The van der Waals surface area contributed by atoms with Crippen LogP contribution in [0.15, 0.2) is 42.5 Å². The van der Waals surface area contributed by atoms with Gasteiger partial charge in [-0.25, -0.2) is 4.79 Å². The molecule has 0 aliphatic heterocycles. The van der Waals surface area contributed by atoms with Gasteiger partial charge >= 0.3 is 5.97 Å². The van der Waals surface area contributed by atoms with Crippen LogP contribution in [0, 0.1) is 12.8 Å². The second-order valence-corrected chi connectivity index (χ2v) is 7.64. The Labute approximate surface area is 158 Å². The number of H-pyrrole nitrogens is 1. The summed E-state index contributed by atoms with van der Waals surface area (Å²) in [7, 11) is 0. The monoisotopic (exact) mass is 363 g/mol. The van der Waals surface area contributed by atoms with Gasteiger partial charge in [-0.3, -0.25) is 0 Å². The minimum Gasteiger partial charge on any atom is -0.478 e. The molecule has 0 radical (unpaired) electrons. The number of fused-ring (bicyclic) bond motifs is 1. The summed E-state index contributed by atoms with van der Waals surface area (Å²) in [5.41, 5.74) is 4.62. The summed E-state index contributed by atoms with van der Waals surface area (Å²) < 4.78 is 0. The Morgan fingerprint density at radius 2 is 1.81 bits per heavy atom. The van der Waals surface area contributed by atoms with E-state index in [0.29, 0.717) is 5.56 Å². The number of hydrogen-bond donors (Lipinski definition) is 3. The van der Waals surface area contributed by atoms with Crippen LogP contribution < -0.4 is 0 Å². The van der Waals surface area contributed by atoms with Gasteiger partial charge in [0.15, 0.2) is 0 Å². The zero-order valence-electron chi connectivity index (χ0n) is 15.5. The van der Waals surface area contributed by atoms with Crippen LogP contribution in [-0.4, -0.2) is 21.2 Å². The summed E-state index contributed by atoms with van der Waals surface area (Å²) in [4.78, 5) is 15.1. The van der Waals surface area contributed by atoms with Crippen molar-refractivity contribution in [2.45, 2.75) is 45.1 Å². The summed E-state index contributed by atoms with van der Waals surface area (Å²) >= 11 is 0. The van der Waals surface area contributed by atoms with E-state index >= 15 is 0 Å². The van der Waals surface area contributed by atoms with Gasteiger partial charge in [0.1, 0.15) is 0 Å². The van der Waals surface area contributed by atoms with Gasteiger partial charge in [0.2, 0.25) is 0 Å². The maximum absolute atomic E-state index is 11.6. The van der Waals surface area contributed by atoms with Crippen molar-refractivity contribution in [3.05, 3.63) is 59.3 Å². The van der Waals surface area contributed by atoms with Crippen molar-refractivity contribution >= 4 is 16.9 Å². The first kappa shape index (κ1) is 17.8. The van der Waals surface area contributed by atoms with E-state index in [1.54, 1.807) is 6.07 Å². The summed E-state index contributed by atoms with van der Waals surface area (Å²) in [5.74, 6) is -0.682. The molecule has 1 heterocycles. The molecule has 1 aliphatic carbocycles. The standard InChI is InChI=1S/C23H25NO3/c1-14-12-19-18(13-17(14)23(26)27)20(15-8-4-2-5-9-15)21(24-19)22(25)16-10-6-3-7-11-16/h2,4-5,8-9,12-13,16,22,24-25H,3,6-7,10-11H2,1H3,(H,26,27). The fraction of sp³-hybridized carbons (Fsp3) is 0.348. The Hall–Kier alpha value is -2.59. The lowest BCUT2D eigenvalue weighted by molar-refractivity contribution is 0.0696. The highest BCUT2D eigenvalue weighted by Gasteiger charge is 2.28. The second-order valence-electron chi connectivity index (χ2n) is 7.64. The third-order valence-electron chi connectivity index (χ3n) is 5.86. The van der Waals surface area contributed by atoms with Gasteiger partial charge in [-0.2, -0.15) is 0 Å². The van der Waals surface area contributed by atoms with E-state index in [2.05, 4.69) is 4.98 Å². The molecule has 1 aliphatic rings. The normalized spacial score (nSPS) is 16.5. The lowest BCUT2D eigenvalue weighted by Gasteiger charge is -2.27. The van der Waals surface area contributed by atoms with Gasteiger partial charge in [-0.05, 0) is 48.9 Å². The number of aromatic nitrogens is 1. The molecule has 2 aromatic carbocycles. The molecule has 1 unspecified atom stereocenters. The first-order chi connectivity index (χ1) is 13.1. The first-order valence-electron chi connectivity index (χ1n) is 9.69. The van der Waals surface area contributed by atoms with Crippen molar-refractivity contribution < 1.29 is 15.0 Å². The fourth-order valence-electron chi connectivity index (χ4n) is 4.42. The number of aliphatic hydroxyl groups excluding tert-OH is 1. The van der Waals surface area contributed by atoms with Crippen LogP contribution in [0.4, 0.5) is 0 Å². The van der Waals surface area contributed by atoms with Gasteiger partial charge in [0.05, 0.1) is 17.4 Å². The summed E-state index contributed by atoms with van der Waals surface area (Å²) in [6.45, 7) is 1.81. The lowest BCUT2D eigenvalue weighted by atomic mass is 9.83. The molecule has 0 saturated heterocycles. The molecule has 3 N–H and O–H groups in total. The van der Waals surface area contributed by atoms with Gasteiger partial charge in [-0.15, -0.1) is 0 Å². The van der Waals surface area contributed by atoms with E-state index < -0.39 is 12.1 Å². The van der Waals surface area contributed by atoms with Crippen LogP contribution in [0.5, 0.6) is 0 Å². The van der Waals surface area contributed by atoms with Gasteiger partial charge < -0.3 is 15.2 Å². The van der Waals surface area contributed by atoms with Crippen molar-refractivity contribution in [1.29, 1.82) is 0 Å². The molecule has 27 heavy (non-hydrogen) atoms. The molecule has 1 fully saturated rings. The number of nitrogens with one attached hydrogen (secondary N) is 1. The Morgan fingerprint density at radius 3 is 2.48 bits per heavy atom. The molecular weight excluding hydrogens is 338 g/mol. The molecule has 0 spiro atoms. The molecule has 1 aromatic heterocycles. The number of aryl methyl sites for hydroxylation is 1. The zero-order chi connectivity index (χ0) is 19.0. The van der Waals surface area contributed by atoms with E-state index in [1.807, 2.05) is 43.3 Å². The van der Waals surface area contributed by atoms with Crippen molar-refractivity contribution in [1.82, 2.24) is 4.98 Å². The molecule has 3 aromatic rings. The summed E-state index contributed by atoms with van der Waals surface area (Å²) in [6, 6.07) is 13.5. The number of aromatic amines is 1. The molecule has 1 saturated carbocycles. The van der Waals surface area contributed by atoms with Crippen LogP contribution >= 0.6 is 0 Å². The number of aliphatic hydroxyl groups is 1. The number of hydrogen-bond acceptors (Lipinski definition) is 2. The smallest absolute Gasteiger partial charge is 0.335 e.